The predicted molar refractivity (Wildman–Crippen MR) is 79.6 cm³/mol. The number of benzene rings is 2. The third-order valence-corrected chi connectivity index (χ3v) is 3.02. The van der Waals surface area contributed by atoms with Gasteiger partial charge in [-0.15, -0.1) is 0 Å². The van der Waals surface area contributed by atoms with E-state index in [0.717, 1.165) is 12.3 Å². The van der Waals surface area contributed by atoms with Gasteiger partial charge in [-0.05, 0) is 18.2 Å². The number of carbonyl (C=O) groups is 1. The Morgan fingerprint density at radius 3 is 2.73 bits per heavy atom. The fourth-order valence-corrected chi connectivity index (χ4v) is 1.78. The first-order chi connectivity index (χ1) is 10.5. The molecule has 0 aromatic heterocycles. The summed E-state index contributed by atoms with van der Waals surface area (Å²) in [5, 5.41) is 14.5. The van der Waals surface area contributed by atoms with Crippen LogP contribution in [0.3, 0.4) is 0 Å². The van der Waals surface area contributed by atoms with E-state index in [1.165, 1.54) is 36.4 Å². The minimum absolute atomic E-state index is 0.161. The van der Waals surface area contributed by atoms with E-state index in [1.807, 2.05) is 0 Å². The van der Waals surface area contributed by atoms with Crippen LogP contribution in [0.1, 0.15) is 15.9 Å². The minimum atomic E-state index is -0.740. The van der Waals surface area contributed by atoms with Gasteiger partial charge in [0.25, 0.3) is 11.6 Å². The van der Waals surface area contributed by atoms with E-state index in [1.54, 1.807) is 0 Å². The molecule has 0 aliphatic heterocycles. The number of nitro groups is 1. The monoisotopic (exact) mass is 321 g/mol. The van der Waals surface area contributed by atoms with E-state index in [4.69, 9.17) is 11.6 Å². The zero-order valence-corrected chi connectivity index (χ0v) is 11.7. The van der Waals surface area contributed by atoms with Crippen molar-refractivity contribution in [3.05, 3.63) is 74.5 Å². The first-order valence-electron chi connectivity index (χ1n) is 6.01. The molecule has 6 nitrogen and oxygen atoms in total. The van der Waals surface area contributed by atoms with Crippen LogP contribution in [-0.2, 0) is 0 Å². The molecule has 0 bridgehead atoms. The molecule has 0 saturated heterocycles. The van der Waals surface area contributed by atoms with Crippen LogP contribution in [0.2, 0.25) is 5.02 Å². The topological polar surface area (TPSA) is 84.6 Å². The molecule has 1 amide bonds. The van der Waals surface area contributed by atoms with Gasteiger partial charge in [0.15, 0.2) is 0 Å². The molecular formula is C14H9ClFN3O3. The summed E-state index contributed by atoms with van der Waals surface area (Å²) in [6.07, 6.45) is 1.15. The third kappa shape index (κ3) is 3.64. The molecule has 0 unspecified atom stereocenters. The van der Waals surface area contributed by atoms with Crippen LogP contribution in [0.15, 0.2) is 47.6 Å². The molecule has 2 aromatic carbocycles. The Kier molecular flexibility index (Phi) is 4.80. The number of nitrogens with one attached hydrogen (secondary N) is 1. The number of carbonyl (C=O) groups excluding carboxylic acids is 1. The number of hydrogen-bond acceptors (Lipinski definition) is 4. The van der Waals surface area contributed by atoms with Crippen LogP contribution in [-0.4, -0.2) is 17.0 Å². The van der Waals surface area contributed by atoms with E-state index in [-0.39, 0.29) is 21.8 Å². The quantitative estimate of drug-likeness (QED) is 0.533. The summed E-state index contributed by atoms with van der Waals surface area (Å²) in [6, 6.07) is 9.23. The van der Waals surface area contributed by atoms with Crippen LogP contribution >= 0.6 is 11.6 Å². The molecule has 0 aliphatic carbocycles. The number of hydrazone groups is 1. The Morgan fingerprint density at radius 2 is 2.05 bits per heavy atom. The largest absolute Gasteiger partial charge is 0.274 e. The summed E-state index contributed by atoms with van der Waals surface area (Å²) in [4.78, 5) is 21.8. The number of non-ortho nitro benzene ring substituents is 1. The van der Waals surface area contributed by atoms with E-state index in [9.17, 15) is 19.3 Å². The van der Waals surface area contributed by atoms with E-state index in [0.29, 0.717) is 0 Å². The second-order valence-electron chi connectivity index (χ2n) is 4.14. The highest BCUT2D eigenvalue weighted by molar-refractivity contribution is 6.33. The van der Waals surface area contributed by atoms with Crippen molar-refractivity contribution in [2.75, 3.05) is 0 Å². The number of hydrogen-bond donors (Lipinski definition) is 1. The normalized spacial score (nSPS) is 10.6. The van der Waals surface area contributed by atoms with Gasteiger partial charge < -0.3 is 0 Å². The predicted octanol–water partition coefficient (Wildman–Crippen LogP) is 3.15. The molecule has 0 fully saturated rings. The van der Waals surface area contributed by atoms with E-state index < -0.39 is 16.6 Å². The number of nitrogens with zero attached hydrogens (tertiary/aromatic N) is 2. The lowest BCUT2D eigenvalue weighted by Gasteiger charge is -2.01. The molecule has 0 atom stereocenters. The van der Waals surface area contributed by atoms with Gasteiger partial charge in [-0.25, -0.2) is 9.82 Å². The Hall–Kier alpha value is -2.80. The van der Waals surface area contributed by atoms with Crippen molar-refractivity contribution in [2.24, 2.45) is 5.10 Å². The first-order valence-corrected chi connectivity index (χ1v) is 6.38. The van der Waals surface area contributed by atoms with Crippen LogP contribution in [0.4, 0.5) is 10.1 Å². The van der Waals surface area contributed by atoms with Gasteiger partial charge >= 0.3 is 0 Å². The zero-order valence-electron chi connectivity index (χ0n) is 11.0. The lowest BCUT2D eigenvalue weighted by Crippen LogP contribution is -2.18. The Labute approximate surface area is 129 Å². The number of rotatable bonds is 4. The molecule has 22 heavy (non-hydrogen) atoms. The van der Waals surface area contributed by atoms with Gasteiger partial charge in [-0.3, -0.25) is 14.9 Å². The SMILES string of the molecule is O=C(N/N=C\c1cc([N+](=O)[O-])ccc1Cl)c1ccccc1F. The second-order valence-corrected chi connectivity index (χ2v) is 4.55. The molecule has 0 saturated carbocycles. The minimum Gasteiger partial charge on any atom is -0.267 e. The van der Waals surface area contributed by atoms with Crippen molar-refractivity contribution in [1.29, 1.82) is 0 Å². The Balaban J connectivity index is 2.13. The summed E-state index contributed by atoms with van der Waals surface area (Å²) in [6.45, 7) is 0. The Morgan fingerprint density at radius 1 is 1.32 bits per heavy atom. The van der Waals surface area contributed by atoms with Crippen LogP contribution in [0.25, 0.3) is 0 Å². The van der Waals surface area contributed by atoms with Crippen molar-refractivity contribution in [2.45, 2.75) is 0 Å². The second kappa shape index (κ2) is 6.77. The maximum atomic E-state index is 13.4. The fourth-order valence-electron chi connectivity index (χ4n) is 1.61. The summed E-state index contributed by atoms with van der Waals surface area (Å²) in [5.74, 6) is -1.42. The lowest BCUT2D eigenvalue weighted by atomic mass is 10.2. The van der Waals surface area contributed by atoms with Gasteiger partial charge in [0.05, 0.1) is 16.7 Å². The van der Waals surface area contributed by atoms with Crippen molar-refractivity contribution >= 4 is 29.4 Å². The Bertz CT molecular complexity index is 765. The average Bonchev–Trinajstić information content (AvgIpc) is 2.49. The van der Waals surface area contributed by atoms with Crippen LogP contribution < -0.4 is 5.43 Å². The molecule has 112 valence electrons. The molecule has 2 aromatic rings. The highest BCUT2D eigenvalue weighted by Crippen LogP contribution is 2.20. The average molecular weight is 322 g/mol. The molecule has 0 radical (unpaired) electrons. The van der Waals surface area contributed by atoms with E-state index in [2.05, 4.69) is 10.5 Å². The maximum Gasteiger partial charge on any atom is 0.274 e. The third-order valence-electron chi connectivity index (χ3n) is 2.68. The molecule has 0 spiro atoms. The van der Waals surface area contributed by atoms with Gasteiger partial charge in [0.2, 0.25) is 0 Å². The highest BCUT2D eigenvalue weighted by Gasteiger charge is 2.10. The number of halogens is 2. The number of amides is 1. The molecule has 1 N–H and O–H groups in total. The summed E-state index contributed by atoms with van der Waals surface area (Å²) in [5.41, 5.74) is 2.06. The molecule has 0 heterocycles. The van der Waals surface area contributed by atoms with Crippen LogP contribution in [0, 0.1) is 15.9 Å². The van der Waals surface area contributed by atoms with Gasteiger partial charge in [-0.1, -0.05) is 23.7 Å². The summed E-state index contributed by atoms with van der Waals surface area (Å²) in [7, 11) is 0. The molecular weight excluding hydrogens is 313 g/mol. The van der Waals surface area contributed by atoms with Crippen molar-refractivity contribution in [3.8, 4) is 0 Å². The van der Waals surface area contributed by atoms with Gasteiger partial charge in [0.1, 0.15) is 5.82 Å². The summed E-state index contributed by atoms with van der Waals surface area (Å²) >= 11 is 5.87. The fraction of sp³-hybridized carbons (Fsp3) is 0. The highest BCUT2D eigenvalue weighted by atomic mass is 35.5. The van der Waals surface area contributed by atoms with E-state index >= 15 is 0 Å². The van der Waals surface area contributed by atoms with Crippen molar-refractivity contribution in [1.82, 2.24) is 5.43 Å². The zero-order chi connectivity index (χ0) is 16.1. The first kappa shape index (κ1) is 15.6. The van der Waals surface area contributed by atoms with Crippen LogP contribution in [0.5, 0.6) is 0 Å². The standard InChI is InChI=1S/C14H9ClFN3O3/c15-12-6-5-10(19(21)22)7-9(12)8-17-18-14(20)11-3-1-2-4-13(11)16/h1-8H,(H,18,20)/b17-8-. The van der Waals surface area contributed by atoms with Gasteiger partial charge in [-0.2, -0.15) is 5.10 Å². The van der Waals surface area contributed by atoms with Gasteiger partial charge in [0, 0.05) is 22.7 Å². The smallest absolute Gasteiger partial charge is 0.267 e. The lowest BCUT2D eigenvalue weighted by molar-refractivity contribution is -0.384. The van der Waals surface area contributed by atoms with Crippen molar-refractivity contribution in [3.63, 3.8) is 0 Å². The van der Waals surface area contributed by atoms with Crippen molar-refractivity contribution < 1.29 is 14.1 Å². The maximum absolute atomic E-state index is 13.4. The molecule has 0 aliphatic rings. The molecule has 2 rings (SSSR count). The summed E-state index contributed by atoms with van der Waals surface area (Å²) < 4.78 is 13.4. The number of nitro benzene ring substituents is 1. The molecule has 8 heteroatoms.